The summed E-state index contributed by atoms with van der Waals surface area (Å²) >= 11 is 0. The Morgan fingerprint density at radius 3 is 2.94 bits per heavy atom. The molecule has 2 rings (SSSR count). The van der Waals surface area contributed by atoms with Gasteiger partial charge in [-0.15, -0.1) is 0 Å². The van der Waals surface area contributed by atoms with E-state index in [1.807, 2.05) is 30.0 Å². The van der Waals surface area contributed by atoms with E-state index in [0.29, 0.717) is 17.4 Å². The highest BCUT2D eigenvalue weighted by atomic mass is 16.5. The third-order valence-corrected chi connectivity index (χ3v) is 3.24. The van der Waals surface area contributed by atoms with Crippen molar-refractivity contribution in [3.8, 4) is 5.75 Å². The van der Waals surface area contributed by atoms with Gasteiger partial charge in [0.25, 0.3) is 5.91 Å². The van der Waals surface area contributed by atoms with Crippen molar-refractivity contribution in [2.75, 3.05) is 26.7 Å². The first-order valence-electron chi connectivity index (χ1n) is 6.29. The highest BCUT2D eigenvalue weighted by Crippen LogP contribution is 2.21. The van der Waals surface area contributed by atoms with Crippen LogP contribution < -0.4 is 10.1 Å². The number of hydrogen-bond acceptors (Lipinski definition) is 3. The molecule has 0 saturated carbocycles. The minimum absolute atomic E-state index is 0.0592. The summed E-state index contributed by atoms with van der Waals surface area (Å²) in [6.45, 7) is 6.42. The average Bonchev–Trinajstić information content (AvgIpc) is 2.38. The van der Waals surface area contributed by atoms with Crippen molar-refractivity contribution < 1.29 is 9.53 Å². The molecule has 0 bridgehead atoms. The van der Waals surface area contributed by atoms with Crippen LogP contribution in [0.4, 0.5) is 0 Å². The van der Waals surface area contributed by atoms with Gasteiger partial charge in [0.2, 0.25) is 0 Å². The molecule has 0 radical (unpaired) electrons. The number of nitrogens with one attached hydrogen (secondary N) is 1. The van der Waals surface area contributed by atoms with Crippen LogP contribution in [-0.2, 0) is 0 Å². The largest absolute Gasteiger partial charge is 0.496 e. The van der Waals surface area contributed by atoms with Gasteiger partial charge in [0, 0.05) is 25.7 Å². The number of benzene rings is 1. The first-order valence-corrected chi connectivity index (χ1v) is 6.29. The zero-order chi connectivity index (χ0) is 13.1. The first-order chi connectivity index (χ1) is 8.61. The van der Waals surface area contributed by atoms with Gasteiger partial charge in [-0.2, -0.15) is 0 Å². The van der Waals surface area contributed by atoms with E-state index >= 15 is 0 Å². The second kappa shape index (κ2) is 5.40. The van der Waals surface area contributed by atoms with Gasteiger partial charge in [-0.25, -0.2) is 0 Å². The first kappa shape index (κ1) is 12.9. The van der Waals surface area contributed by atoms with E-state index < -0.39 is 0 Å². The van der Waals surface area contributed by atoms with Crippen molar-refractivity contribution in [2.24, 2.45) is 0 Å². The highest BCUT2D eigenvalue weighted by molar-refractivity contribution is 5.97. The van der Waals surface area contributed by atoms with Crippen LogP contribution in [0.2, 0.25) is 0 Å². The molecule has 1 aliphatic rings. The second-order valence-corrected chi connectivity index (χ2v) is 4.81. The maximum Gasteiger partial charge on any atom is 0.257 e. The maximum atomic E-state index is 12.5. The number of hydrogen-bond donors (Lipinski definition) is 1. The fourth-order valence-corrected chi connectivity index (χ4v) is 2.28. The lowest BCUT2D eigenvalue weighted by Crippen LogP contribution is -2.51. The molecule has 1 amide bonds. The van der Waals surface area contributed by atoms with Crippen LogP contribution in [0.25, 0.3) is 0 Å². The van der Waals surface area contributed by atoms with E-state index in [2.05, 4.69) is 12.2 Å². The Morgan fingerprint density at radius 2 is 2.28 bits per heavy atom. The van der Waals surface area contributed by atoms with Crippen molar-refractivity contribution in [2.45, 2.75) is 19.9 Å². The standard InChI is InChI=1S/C14H20N2O2/c1-10-4-5-13(18-3)12(8-10)14(17)16-7-6-15-11(2)9-16/h4-5,8,11,15H,6-7,9H2,1-3H3. The maximum absolute atomic E-state index is 12.5. The molecule has 98 valence electrons. The van der Waals surface area contributed by atoms with Gasteiger partial charge in [-0.1, -0.05) is 11.6 Å². The molecular formula is C14H20N2O2. The van der Waals surface area contributed by atoms with Crippen molar-refractivity contribution in [1.29, 1.82) is 0 Å². The summed E-state index contributed by atoms with van der Waals surface area (Å²) in [4.78, 5) is 14.4. The number of methoxy groups -OCH3 is 1. The normalized spacial score (nSPS) is 19.7. The quantitative estimate of drug-likeness (QED) is 0.861. The number of piperazine rings is 1. The molecule has 18 heavy (non-hydrogen) atoms. The minimum Gasteiger partial charge on any atom is -0.496 e. The number of ether oxygens (including phenoxy) is 1. The summed E-state index contributed by atoms with van der Waals surface area (Å²) in [5.41, 5.74) is 1.73. The van der Waals surface area contributed by atoms with Crippen LogP contribution >= 0.6 is 0 Å². The summed E-state index contributed by atoms with van der Waals surface area (Å²) in [5.74, 6) is 0.709. The molecular weight excluding hydrogens is 228 g/mol. The Kier molecular flexibility index (Phi) is 3.87. The third-order valence-electron chi connectivity index (χ3n) is 3.24. The second-order valence-electron chi connectivity index (χ2n) is 4.81. The number of carbonyl (C=O) groups is 1. The summed E-state index contributed by atoms with van der Waals surface area (Å²) < 4.78 is 5.28. The van der Waals surface area contributed by atoms with Crippen LogP contribution in [0.3, 0.4) is 0 Å². The van der Waals surface area contributed by atoms with Crippen LogP contribution in [0.1, 0.15) is 22.8 Å². The smallest absolute Gasteiger partial charge is 0.257 e. The number of rotatable bonds is 2. The van der Waals surface area contributed by atoms with Crippen LogP contribution in [0.5, 0.6) is 5.75 Å². The van der Waals surface area contributed by atoms with Crippen LogP contribution in [0, 0.1) is 6.92 Å². The molecule has 4 heteroatoms. The van der Waals surface area contributed by atoms with Crippen LogP contribution in [0.15, 0.2) is 18.2 Å². The van der Waals surface area contributed by atoms with E-state index in [-0.39, 0.29) is 5.91 Å². The van der Waals surface area contributed by atoms with Crippen LogP contribution in [-0.4, -0.2) is 43.6 Å². The van der Waals surface area contributed by atoms with Gasteiger partial charge in [0.1, 0.15) is 5.75 Å². The van der Waals surface area contributed by atoms with Crippen molar-refractivity contribution in [1.82, 2.24) is 10.2 Å². The molecule has 1 N–H and O–H groups in total. The molecule has 0 aromatic heterocycles. The SMILES string of the molecule is COc1ccc(C)cc1C(=O)N1CCNC(C)C1. The zero-order valence-electron chi connectivity index (χ0n) is 11.2. The fraction of sp³-hybridized carbons (Fsp3) is 0.500. The molecule has 1 aromatic carbocycles. The van der Waals surface area contributed by atoms with Gasteiger partial charge >= 0.3 is 0 Å². The number of carbonyl (C=O) groups excluding carboxylic acids is 1. The Bertz CT molecular complexity index is 445. The molecule has 1 fully saturated rings. The minimum atomic E-state index is 0.0592. The van der Waals surface area contributed by atoms with Gasteiger partial charge in [0.05, 0.1) is 12.7 Å². The molecule has 1 unspecified atom stereocenters. The topological polar surface area (TPSA) is 41.6 Å². The van der Waals surface area contributed by atoms with E-state index in [1.54, 1.807) is 7.11 Å². The van der Waals surface area contributed by atoms with E-state index in [1.165, 1.54) is 0 Å². The third kappa shape index (κ3) is 2.64. The molecule has 1 aromatic rings. The predicted octanol–water partition coefficient (Wildman–Crippen LogP) is 1.44. The molecule has 1 aliphatic heterocycles. The molecule has 4 nitrogen and oxygen atoms in total. The molecule has 1 atom stereocenters. The van der Waals surface area contributed by atoms with Gasteiger partial charge in [0.15, 0.2) is 0 Å². The predicted molar refractivity (Wildman–Crippen MR) is 71.1 cm³/mol. The molecule has 0 spiro atoms. The summed E-state index contributed by atoms with van der Waals surface area (Å²) in [6, 6.07) is 6.05. The summed E-state index contributed by atoms with van der Waals surface area (Å²) in [7, 11) is 1.60. The lowest BCUT2D eigenvalue weighted by atomic mass is 10.1. The number of nitrogens with zero attached hydrogens (tertiary/aromatic N) is 1. The molecule has 0 aliphatic carbocycles. The number of amides is 1. The Labute approximate surface area is 108 Å². The zero-order valence-corrected chi connectivity index (χ0v) is 11.2. The molecule has 1 heterocycles. The highest BCUT2D eigenvalue weighted by Gasteiger charge is 2.23. The van der Waals surface area contributed by atoms with E-state index in [0.717, 1.165) is 25.2 Å². The monoisotopic (exact) mass is 248 g/mol. The van der Waals surface area contributed by atoms with Gasteiger partial charge < -0.3 is 15.0 Å². The van der Waals surface area contributed by atoms with E-state index in [4.69, 9.17) is 4.74 Å². The van der Waals surface area contributed by atoms with E-state index in [9.17, 15) is 4.79 Å². The van der Waals surface area contributed by atoms with Gasteiger partial charge in [-0.3, -0.25) is 4.79 Å². The number of aryl methyl sites for hydroxylation is 1. The van der Waals surface area contributed by atoms with Crippen molar-refractivity contribution >= 4 is 5.91 Å². The van der Waals surface area contributed by atoms with Crippen molar-refractivity contribution in [3.05, 3.63) is 29.3 Å². The van der Waals surface area contributed by atoms with Crippen molar-refractivity contribution in [3.63, 3.8) is 0 Å². The lowest BCUT2D eigenvalue weighted by molar-refractivity contribution is 0.0705. The van der Waals surface area contributed by atoms with Gasteiger partial charge in [-0.05, 0) is 26.0 Å². The summed E-state index contributed by atoms with van der Waals surface area (Å²) in [5, 5.41) is 3.33. The lowest BCUT2D eigenvalue weighted by Gasteiger charge is -2.32. The Hall–Kier alpha value is -1.55. The average molecular weight is 248 g/mol. The Morgan fingerprint density at radius 1 is 1.50 bits per heavy atom. The Balaban J connectivity index is 2.24. The summed E-state index contributed by atoms with van der Waals surface area (Å²) in [6.07, 6.45) is 0. The molecule has 1 saturated heterocycles. The fourth-order valence-electron chi connectivity index (χ4n) is 2.28.